The summed E-state index contributed by atoms with van der Waals surface area (Å²) in [6.07, 6.45) is -3.79. The molecule has 0 aliphatic rings. The number of esters is 9. The van der Waals surface area contributed by atoms with Crippen LogP contribution in [-0.2, 0) is 71.4 Å². The van der Waals surface area contributed by atoms with Gasteiger partial charge in [0.05, 0.1) is 16.7 Å². The molecule has 3 unspecified atom stereocenters. The summed E-state index contributed by atoms with van der Waals surface area (Å²) in [6.45, 7) is 14.2. The van der Waals surface area contributed by atoms with E-state index in [9.17, 15) is 43.2 Å². The fourth-order valence-corrected chi connectivity index (χ4v) is 3.67. The van der Waals surface area contributed by atoms with Crippen molar-refractivity contribution >= 4 is 53.7 Å². The number of carbonyl (C=O) groups is 9. The molecule has 0 saturated carbocycles. The molecule has 0 radical (unpaired) electrons. The number of ether oxygens (including phenoxy) is 9. The Morgan fingerprint density at radius 3 is 0.796 bits per heavy atom. The third-order valence-electron chi connectivity index (χ3n) is 6.09. The third kappa shape index (κ3) is 17.7. The minimum Gasteiger partial charge on any atom is -0.458 e. The van der Waals surface area contributed by atoms with Crippen LogP contribution in [0.5, 0.6) is 0 Å². The van der Waals surface area contributed by atoms with Gasteiger partial charge in [-0.2, -0.15) is 0 Å². The molecular weight excluding hydrogens is 720 g/mol. The minimum absolute atomic E-state index is 0.0517. The van der Waals surface area contributed by atoms with Gasteiger partial charge in [-0.05, 0) is 39.0 Å². The predicted molar refractivity (Wildman–Crippen MR) is 181 cm³/mol. The molecule has 18 heteroatoms. The van der Waals surface area contributed by atoms with Crippen LogP contribution in [0.1, 0.15) is 72.6 Å². The molecule has 0 heterocycles. The first-order valence-electron chi connectivity index (χ1n) is 15.9. The van der Waals surface area contributed by atoms with Crippen molar-refractivity contribution in [2.75, 3.05) is 39.6 Å². The first-order chi connectivity index (χ1) is 25.2. The molecule has 3 atom stereocenters. The molecule has 0 aliphatic carbocycles. The summed E-state index contributed by atoms with van der Waals surface area (Å²) in [4.78, 5) is 110. The summed E-state index contributed by atoms with van der Waals surface area (Å²) in [5.74, 6) is -8.25. The Morgan fingerprint density at radius 2 is 0.611 bits per heavy atom. The summed E-state index contributed by atoms with van der Waals surface area (Å²) in [6, 6.07) is 2.93. The van der Waals surface area contributed by atoms with Gasteiger partial charge in [-0.1, -0.05) is 19.7 Å². The van der Waals surface area contributed by atoms with Crippen LogP contribution in [0.25, 0.3) is 0 Å². The van der Waals surface area contributed by atoms with Gasteiger partial charge >= 0.3 is 53.7 Å². The van der Waals surface area contributed by atoms with Crippen molar-refractivity contribution in [3.63, 3.8) is 0 Å². The molecule has 1 rings (SSSR count). The molecule has 0 N–H and O–H groups in total. The lowest BCUT2D eigenvalue weighted by atomic mass is 10.1. The summed E-state index contributed by atoms with van der Waals surface area (Å²) in [5.41, 5.74) is -1.11. The standard InChI is InChI=1S/C36H42O18/c1-19(2)31(40)46-13-28(52-22(7)37)16-49-34(43)25-10-26(35(44)50-17-29(53-23(8)38)14-47-32(41)20(3)4)12-27(11-25)36(45)51-18-30(54-24(9)39)15-48-33(42)21(5)6/h10-12,28-30H,1,3,5,13-18H2,2,4,6-9H3. The highest BCUT2D eigenvalue weighted by Crippen LogP contribution is 2.16. The van der Waals surface area contributed by atoms with E-state index >= 15 is 0 Å². The van der Waals surface area contributed by atoms with Crippen molar-refractivity contribution in [1.29, 1.82) is 0 Å². The lowest BCUT2D eigenvalue weighted by Gasteiger charge is -2.19. The third-order valence-corrected chi connectivity index (χ3v) is 6.09. The zero-order chi connectivity index (χ0) is 41.1. The van der Waals surface area contributed by atoms with Crippen LogP contribution in [0.3, 0.4) is 0 Å². The molecule has 0 bridgehead atoms. The average molecular weight is 763 g/mol. The molecule has 1 aromatic carbocycles. The summed E-state index contributed by atoms with van der Waals surface area (Å²) in [7, 11) is 0. The first kappa shape index (κ1) is 45.7. The van der Waals surface area contributed by atoms with Crippen LogP contribution in [0.2, 0.25) is 0 Å². The van der Waals surface area contributed by atoms with Gasteiger partial charge < -0.3 is 42.6 Å². The van der Waals surface area contributed by atoms with Gasteiger partial charge in [-0.15, -0.1) is 0 Å². The summed E-state index contributed by atoms with van der Waals surface area (Å²) in [5, 5.41) is 0. The Balaban J connectivity index is 3.38. The van der Waals surface area contributed by atoms with E-state index in [-0.39, 0.29) is 16.7 Å². The number of carbonyl (C=O) groups excluding carboxylic acids is 9. The second-order valence-electron chi connectivity index (χ2n) is 11.4. The molecule has 294 valence electrons. The molecule has 0 aliphatic heterocycles. The average Bonchev–Trinajstić information content (AvgIpc) is 3.09. The smallest absolute Gasteiger partial charge is 0.338 e. The maximum atomic E-state index is 13.2. The van der Waals surface area contributed by atoms with E-state index in [4.69, 9.17) is 42.6 Å². The fourth-order valence-electron chi connectivity index (χ4n) is 3.67. The second kappa shape index (κ2) is 22.6. The van der Waals surface area contributed by atoms with Crippen molar-refractivity contribution in [3.8, 4) is 0 Å². The minimum atomic E-state index is -1.26. The maximum Gasteiger partial charge on any atom is 0.338 e. The molecular formula is C36H42O18. The Morgan fingerprint density at radius 1 is 0.407 bits per heavy atom. The van der Waals surface area contributed by atoms with Crippen LogP contribution in [0.15, 0.2) is 54.7 Å². The van der Waals surface area contributed by atoms with Gasteiger partial charge in [0.15, 0.2) is 18.3 Å². The Kier molecular flexibility index (Phi) is 19.1. The molecule has 1 aromatic rings. The van der Waals surface area contributed by atoms with Crippen LogP contribution in [0, 0.1) is 0 Å². The van der Waals surface area contributed by atoms with E-state index in [2.05, 4.69) is 19.7 Å². The lowest BCUT2D eigenvalue weighted by molar-refractivity contribution is -0.157. The molecule has 0 saturated heterocycles. The van der Waals surface area contributed by atoms with E-state index in [0.717, 1.165) is 39.0 Å². The number of benzene rings is 1. The zero-order valence-corrected chi connectivity index (χ0v) is 30.7. The highest BCUT2D eigenvalue weighted by molar-refractivity contribution is 6.00. The quantitative estimate of drug-likeness (QED) is 0.0992. The van der Waals surface area contributed by atoms with E-state index in [1.807, 2.05) is 0 Å². The molecule has 0 aromatic heterocycles. The SMILES string of the molecule is C=C(C)C(=O)OCC(COC(=O)c1cc(C(=O)OCC(COC(=O)C(=C)C)OC(C)=O)cc(C(=O)OCC(COC(=O)C(=C)C)OC(C)=O)c1)OC(C)=O. The van der Waals surface area contributed by atoms with Crippen molar-refractivity contribution in [2.45, 2.75) is 59.9 Å². The lowest BCUT2D eigenvalue weighted by Crippen LogP contribution is -2.31. The van der Waals surface area contributed by atoms with E-state index in [1.54, 1.807) is 0 Å². The van der Waals surface area contributed by atoms with Gasteiger partial charge in [-0.3, -0.25) is 14.4 Å². The largest absolute Gasteiger partial charge is 0.458 e. The van der Waals surface area contributed by atoms with Crippen molar-refractivity contribution < 1.29 is 85.8 Å². The monoisotopic (exact) mass is 762 g/mol. The predicted octanol–water partition coefficient (Wildman–Crippen LogP) is 2.31. The number of hydrogen-bond acceptors (Lipinski definition) is 18. The zero-order valence-electron chi connectivity index (χ0n) is 30.7. The molecule has 0 spiro atoms. The second-order valence-corrected chi connectivity index (χ2v) is 11.4. The van der Waals surface area contributed by atoms with E-state index in [1.165, 1.54) is 20.8 Å². The highest BCUT2D eigenvalue weighted by atomic mass is 16.6. The normalized spacial score (nSPS) is 11.9. The van der Waals surface area contributed by atoms with Crippen molar-refractivity contribution in [1.82, 2.24) is 0 Å². The molecule has 0 amide bonds. The van der Waals surface area contributed by atoms with Gasteiger partial charge in [0.1, 0.15) is 39.6 Å². The van der Waals surface area contributed by atoms with Crippen LogP contribution >= 0.6 is 0 Å². The topological polar surface area (TPSA) is 237 Å². The first-order valence-corrected chi connectivity index (χ1v) is 15.9. The van der Waals surface area contributed by atoms with Crippen LogP contribution < -0.4 is 0 Å². The molecule has 54 heavy (non-hydrogen) atoms. The highest BCUT2D eigenvalue weighted by Gasteiger charge is 2.25. The van der Waals surface area contributed by atoms with Crippen LogP contribution in [0.4, 0.5) is 0 Å². The molecule has 18 nitrogen and oxygen atoms in total. The van der Waals surface area contributed by atoms with Crippen LogP contribution in [-0.4, -0.2) is 112 Å². The number of hydrogen-bond donors (Lipinski definition) is 0. The van der Waals surface area contributed by atoms with Gasteiger partial charge in [0.2, 0.25) is 0 Å². The van der Waals surface area contributed by atoms with E-state index < -0.39 is 128 Å². The van der Waals surface area contributed by atoms with Crippen molar-refractivity contribution in [3.05, 3.63) is 71.3 Å². The fraction of sp³-hybridized carbons (Fsp3) is 0.417. The Bertz CT molecular complexity index is 1450. The maximum absolute atomic E-state index is 13.2. The van der Waals surface area contributed by atoms with Crippen molar-refractivity contribution in [2.24, 2.45) is 0 Å². The summed E-state index contributed by atoms with van der Waals surface area (Å²) < 4.78 is 45.7. The molecule has 0 fully saturated rings. The number of rotatable bonds is 21. The van der Waals surface area contributed by atoms with E-state index in [0.29, 0.717) is 0 Å². The Hall–Kier alpha value is -6.33. The van der Waals surface area contributed by atoms with Gasteiger partial charge in [0.25, 0.3) is 0 Å². The van der Waals surface area contributed by atoms with Gasteiger partial charge in [-0.25, -0.2) is 28.8 Å². The van der Waals surface area contributed by atoms with Gasteiger partial charge in [0, 0.05) is 37.5 Å². The Labute approximate surface area is 310 Å². The summed E-state index contributed by atoms with van der Waals surface area (Å²) >= 11 is 0.